The first-order valence-electron chi connectivity index (χ1n) is 8.73. The second-order valence-corrected chi connectivity index (χ2v) is 7.74. The molecule has 0 saturated carbocycles. The van der Waals surface area contributed by atoms with E-state index in [9.17, 15) is 9.59 Å². The lowest BCUT2D eigenvalue weighted by atomic mass is 10.1. The number of alkyl carbamates (subject to hydrolysis) is 1. The monoisotopic (exact) mass is 391 g/mol. The molecule has 0 aliphatic carbocycles. The standard InChI is InChI=1S/C19H22ClN3O4/c1-11-14-16(22-27-11)15-12(20)7-5-8-13(15)23(17(14)24)10-6-9-21-18(25)26-19(2,3)4/h5,7-8H,6,9-10H2,1-4H3,(H,21,25). The highest BCUT2D eigenvalue weighted by Crippen LogP contribution is 2.30. The highest BCUT2D eigenvalue weighted by molar-refractivity contribution is 6.37. The maximum absolute atomic E-state index is 13.0. The maximum Gasteiger partial charge on any atom is 0.407 e. The highest BCUT2D eigenvalue weighted by atomic mass is 35.5. The first-order valence-corrected chi connectivity index (χ1v) is 9.10. The molecule has 0 bridgehead atoms. The van der Waals surface area contributed by atoms with E-state index in [1.54, 1.807) is 44.4 Å². The van der Waals surface area contributed by atoms with Gasteiger partial charge in [0.15, 0.2) is 0 Å². The first kappa shape index (κ1) is 19.2. The fraction of sp³-hybridized carbons (Fsp3) is 0.421. The number of aryl methyl sites for hydroxylation is 2. The molecule has 0 unspecified atom stereocenters. The summed E-state index contributed by atoms with van der Waals surface area (Å²) in [6.45, 7) is 7.90. The number of nitrogens with zero attached hydrogens (tertiary/aromatic N) is 2. The third-order valence-electron chi connectivity index (χ3n) is 4.07. The average molecular weight is 392 g/mol. The molecule has 0 atom stereocenters. The Bertz CT molecular complexity index is 1060. The molecular weight excluding hydrogens is 370 g/mol. The van der Waals surface area contributed by atoms with Crippen molar-refractivity contribution in [2.75, 3.05) is 6.54 Å². The normalized spacial score (nSPS) is 11.9. The van der Waals surface area contributed by atoms with Gasteiger partial charge in [0, 0.05) is 18.5 Å². The second-order valence-electron chi connectivity index (χ2n) is 7.34. The molecule has 2 aromatic heterocycles. The van der Waals surface area contributed by atoms with Gasteiger partial charge in [-0.2, -0.15) is 0 Å². The highest BCUT2D eigenvalue weighted by Gasteiger charge is 2.19. The smallest absolute Gasteiger partial charge is 0.407 e. The summed E-state index contributed by atoms with van der Waals surface area (Å²) in [6, 6.07) is 5.37. The number of hydrogen-bond donors (Lipinski definition) is 1. The zero-order chi connectivity index (χ0) is 19.8. The molecule has 1 N–H and O–H groups in total. The van der Waals surface area contributed by atoms with Gasteiger partial charge in [-0.15, -0.1) is 0 Å². The number of pyridine rings is 1. The van der Waals surface area contributed by atoms with Gasteiger partial charge in [0.1, 0.15) is 22.3 Å². The molecule has 1 amide bonds. The quantitative estimate of drug-likeness (QED) is 0.679. The molecule has 0 radical (unpaired) electrons. The molecule has 3 rings (SSSR count). The molecule has 7 nitrogen and oxygen atoms in total. The lowest BCUT2D eigenvalue weighted by molar-refractivity contribution is 0.0526. The topological polar surface area (TPSA) is 86.4 Å². The van der Waals surface area contributed by atoms with Crippen LogP contribution in [0.1, 0.15) is 33.0 Å². The molecule has 0 spiro atoms. The number of ether oxygens (including phenoxy) is 1. The third-order valence-corrected chi connectivity index (χ3v) is 4.38. The largest absolute Gasteiger partial charge is 0.444 e. The average Bonchev–Trinajstić information content (AvgIpc) is 2.94. The fourth-order valence-corrected chi connectivity index (χ4v) is 3.23. The second kappa shape index (κ2) is 7.23. The van der Waals surface area contributed by atoms with Crippen molar-refractivity contribution in [3.8, 4) is 0 Å². The van der Waals surface area contributed by atoms with Crippen LogP contribution in [0.3, 0.4) is 0 Å². The summed E-state index contributed by atoms with van der Waals surface area (Å²) in [4.78, 5) is 24.7. The number of carbonyl (C=O) groups is 1. The van der Waals surface area contributed by atoms with Gasteiger partial charge >= 0.3 is 6.09 Å². The van der Waals surface area contributed by atoms with Crippen molar-refractivity contribution in [1.82, 2.24) is 15.0 Å². The molecule has 1 aromatic carbocycles. The molecule has 0 fully saturated rings. The first-order chi connectivity index (χ1) is 12.7. The number of benzene rings is 1. The number of fused-ring (bicyclic) bond motifs is 3. The van der Waals surface area contributed by atoms with E-state index in [1.807, 2.05) is 6.07 Å². The Kier molecular flexibility index (Phi) is 5.15. The summed E-state index contributed by atoms with van der Waals surface area (Å²) >= 11 is 6.36. The van der Waals surface area contributed by atoms with Crippen molar-refractivity contribution >= 4 is 39.5 Å². The Morgan fingerprint density at radius 1 is 1.33 bits per heavy atom. The number of halogens is 1. The minimum Gasteiger partial charge on any atom is -0.444 e. The predicted molar refractivity (Wildman–Crippen MR) is 104 cm³/mol. The minimum absolute atomic E-state index is 0.184. The van der Waals surface area contributed by atoms with Crippen molar-refractivity contribution < 1.29 is 14.1 Å². The number of hydrogen-bond acceptors (Lipinski definition) is 5. The Hall–Kier alpha value is -2.54. The Morgan fingerprint density at radius 2 is 2.07 bits per heavy atom. The molecule has 0 aliphatic heterocycles. The van der Waals surface area contributed by atoms with E-state index in [4.69, 9.17) is 20.9 Å². The minimum atomic E-state index is -0.551. The van der Waals surface area contributed by atoms with Crippen LogP contribution in [-0.4, -0.2) is 28.0 Å². The van der Waals surface area contributed by atoms with Crippen molar-refractivity contribution in [3.05, 3.63) is 39.3 Å². The van der Waals surface area contributed by atoms with E-state index >= 15 is 0 Å². The van der Waals surface area contributed by atoms with Crippen LogP contribution in [0.25, 0.3) is 21.8 Å². The van der Waals surface area contributed by atoms with Gasteiger partial charge in [0.2, 0.25) is 0 Å². The summed E-state index contributed by atoms with van der Waals surface area (Å²) < 4.78 is 12.1. The molecular formula is C19H22ClN3O4. The number of carbonyl (C=O) groups excluding carboxylic acids is 1. The van der Waals surface area contributed by atoms with Crippen molar-refractivity contribution in [2.24, 2.45) is 0 Å². The zero-order valence-corrected chi connectivity index (χ0v) is 16.5. The summed E-state index contributed by atoms with van der Waals surface area (Å²) in [5.74, 6) is 0.456. The summed E-state index contributed by atoms with van der Waals surface area (Å²) in [5.41, 5.74) is 0.424. The van der Waals surface area contributed by atoms with Gasteiger partial charge in [0.05, 0.1) is 10.5 Å². The zero-order valence-electron chi connectivity index (χ0n) is 15.8. The van der Waals surface area contributed by atoms with Gasteiger partial charge < -0.3 is 19.1 Å². The van der Waals surface area contributed by atoms with E-state index in [2.05, 4.69) is 10.5 Å². The van der Waals surface area contributed by atoms with Gasteiger partial charge in [0.25, 0.3) is 5.56 Å². The van der Waals surface area contributed by atoms with Gasteiger partial charge in [-0.3, -0.25) is 4.79 Å². The van der Waals surface area contributed by atoms with E-state index in [1.165, 1.54) is 0 Å². The number of amides is 1. The predicted octanol–water partition coefficient (Wildman–Crippen LogP) is 4.02. The lowest BCUT2D eigenvalue weighted by Gasteiger charge is -2.19. The van der Waals surface area contributed by atoms with Crippen LogP contribution in [0.4, 0.5) is 4.79 Å². The Morgan fingerprint density at radius 3 is 2.78 bits per heavy atom. The van der Waals surface area contributed by atoms with Crippen molar-refractivity contribution in [1.29, 1.82) is 0 Å². The van der Waals surface area contributed by atoms with Crippen molar-refractivity contribution in [2.45, 2.75) is 46.3 Å². The van der Waals surface area contributed by atoms with Crippen LogP contribution < -0.4 is 10.9 Å². The Balaban J connectivity index is 1.87. The summed E-state index contributed by atoms with van der Waals surface area (Å²) in [5, 5.41) is 8.33. The van der Waals surface area contributed by atoms with Gasteiger partial charge in [-0.1, -0.05) is 22.8 Å². The van der Waals surface area contributed by atoms with Crippen molar-refractivity contribution in [3.63, 3.8) is 0 Å². The van der Waals surface area contributed by atoms with Crippen LogP contribution in [-0.2, 0) is 11.3 Å². The van der Waals surface area contributed by atoms with Crippen LogP contribution in [0.15, 0.2) is 27.5 Å². The third kappa shape index (κ3) is 3.93. The molecule has 2 heterocycles. The molecule has 8 heteroatoms. The summed E-state index contributed by atoms with van der Waals surface area (Å²) in [7, 11) is 0. The van der Waals surface area contributed by atoms with Gasteiger partial charge in [-0.25, -0.2) is 4.79 Å². The van der Waals surface area contributed by atoms with E-state index in [-0.39, 0.29) is 5.56 Å². The molecule has 0 saturated heterocycles. The lowest BCUT2D eigenvalue weighted by Crippen LogP contribution is -2.33. The SMILES string of the molecule is Cc1onc2c1c(=O)n(CCCNC(=O)OC(C)(C)C)c1cccc(Cl)c21. The number of aromatic nitrogens is 2. The molecule has 27 heavy (non-hydrogen) atoms. The van der Waals surface area contributed by atoms with E-state index < -0.39 is 11.7 Å². The van der Waals surface area contributed by atoms with E-state index in [0.29, 0.717) is 52.1 Å². The van der Waals surface area contributed by atoms with Gasteiger partial charge in [-0.05, 0) is 46.2 Å². The Labute approximate surface area is 161 Å². The number of nitrogens with one attached hydrogen (secondary N) is 1. The van der Waals surface area contributed by atoms with E-state index in [0.717, 1.165) is 0 Å². The van der Waals surface area contributed by atoms with Crippen LogP contribution in [0.2, 0.25) is 5.02 Å². The maximum atomic E-state index is 13.0. The molecule has 3 aromatic rings. The van der Waals surface area contributed by atoms with Crippen LogP contribution in [0.5, 0.6) is 0 Å². The van der Waals surface area contributed by atoms with Crippen LogP contribution in [0, 0.1) is 6.92 Å². The molecule has 0 aliphatic rings. The van der Waals surface area contributed by atoms with Crippen LogP contribution >= 0.6 is 11.6 Å². The molecule has 144 valence electrons. The number of rotatable bonds is 4. The fourth-order valence-electron chi connectivity index (χ4n) is 2.97. The summed E-state index contributed by atoms with van der Waals surface area (Å²) in [6.07, 6.45) is 0.0736.